The molecule has 0 unspecified atom stereocenters. The van der Waals surface area contributed by atoms with Crippen molar-refractivity contribution in [3.05, 3.63) is 52.5 Å². The number of aromatic hydroxyl groups is 1. The molecule has 0 aliphatic heterocycles. The molecule has 0 heterocycles. The minimum absolute atomic E-state index is 0.0744. The third kappa shape index (κ3) is 2.98. The summed E-state index contributed by atoms with van der Waals surface area (Å²) >= 11 is 5.97. The van der Waals surface area contributed by atoms with Crippen LogP contribution in [0.1, 0.15) is 15.9 Å². The van der Waals surface area contributed by atoms with Crippen molar-refractivity contribution in [3.63, 3.8) is 0 Å². The van der Waals surface area contributed by atoms with E-state index in [2.05, 4.69) is 5.32 Å². The van der Waals surface area contributed by atoms with Gasteiger partial charge in [-0.3, -0.25) is 4.79 Å². The number of hydrogen-bond acceptors (Lipinski definition) is 3. The highest BCUT2D eigenvalue weighted by Gasteiger charge is 2.13. The van der Waals surface area contributed by atoms with Gasteiger partial charge in [-0.1, -0.05) is 23.2 Å². The Morgan fingerprint density at radius 1 is 1.26 bits per heavy atom. The largest absolute Gasteiger partial charge is 0.507 e. The number of halogens is 1. The Bertz CT molecular complexity index is 641. The number of nitrogen functional groups attached to an aromatic ring is 1. The first-order chi connectivity index (χ1) is 8.97. The second kappa shape index (κ2) is 5.20. The fourth-order valence-electron chi connectivity index (χ4n) is 1.65. The molecule has 0 spiro atoms. The lowest BCUT2D eigenvalue weighted by molar-refractivity contribution is 0.102. The lowest BCUT2D eigenvalue weighted by Gasteiger charge is -2.09. The molecule has 4 nitrogen and oxygen atoms in total. The number of nitrogens with one attached hydrogen (secondary N) is 1. The SMILES string of the molecule is Cc1ccc(O)c(C(=O)Nc2ccc(N)cc2Cl)c1. The van der Waals surface area contributed by atoms with Gasteiger partial charge in [0.15, 0.2) is 0 Å². The van der Waals surface area contributed by atoms with Crippen molar-refractivity contribution in [3.8, 4) is 5.75 Å². The van der Waals surface area contributed by atoms with Crippen LogP contribution in [0.5, 0.6) is 5.75 Å². The zero-order valence-corrected chi connectivity index (χ0v) is 11.0. The molecule has 0 bridgehead atoms. The number of carbonyl (C=O) groups is 1. The Labute approximate surface area is 115 Å². The van der Waals surface area contributed by atoms with E-state index in [1.165, 1.54) is 6.07 Å². The summed E-state index contributed by atoms with van der Waals surface area (Å²) in [5.74, 6) is -0.498. The molecule has 1 amide bonds. The van der Waals surface area contributed by atoms with Gasteiger partial charge in [0.05, 0.1) is 16.3 Å². The van der Waals surface area contributed by atoms with E-state index in [-0.39, 0.29) is 11.3 Å². The van der Waals surface area contributed by atoms with Gasteiger partial charge in [-0.2, -0.15) is 0 Å². The number of aryl methyl sites for hydroxylation is 1. The first kappa shape index (κ1) is 13.2. The van der Waals surface area contributed by atoms with E-state index in [9.17, 15) is 9.90 Å². The van der Waals surface area contributed by atoms with E-state index >= 15 is 0 Å². The smallest absolute Gasteiger partial charge is 0.259 e. The zero-order valence-electron chi connectivity index (χ0n) is 10.3. The van der Waals surface area contributed by atoms with Crippen LogP contribution in [0.15, 0.2) is 36.4 Å². The maximum Gasteiger partial charge on any atom is 0.259 e. The fraction of sp³-hybridized carbons (Fsp3) is 0.0714. The first-order valence-corrected chi connectivity index (χ1v) is 6.01. The van der Waals surface area contributed by atoms with Crippen LogP contribution in [-0.2, 0) is 0 Å². The van der Waals surface area contributed by atoms with Gasteiger partial charge in [0, 0.05) is 5.69 Å². The predicted molar refractivity (Wildman–Crippen MR) is 76.7 cm³/mol. The zero-order chi connectivity index (χ0) is 14.0. The molecule has 0 aliphatic rings. The normalized spacial score (nSPS) is 10.2. The Morgan fingerprint density at radius 3 is 2.68 bits per heavy atom. The summed E-state index contributed by atoms with van der Waals surface area (Å²) in [7, 11) is 0. The van der Waals surface area contributed by atoms with Crippen LogP contribution in [-0.4, -0.2) is 11.0 Å². The molecular weight excluding hydrogens is 264 g/mol. The molecule has 2 aromatic rings. The Morgan fingerprint density at radius 2 is 2.00 bits per heavy atom. The van der Waals surface area contributed by atoms with Gasteiger partial charge in [0.2, 0.25) is 0 Å². The highest BCUT2D eigenvalue weighted by Crippen LogP contribution is 2.26. The van der Waals surface area contributed by atoms with Crippen LogP contribution >= 0.6 is 11.6 Å². The molecule has 98 valence electrons. The highest BCUT2D eigenvalue weighted by molar-refractivity contribution is 6.34. The molecular formula is C14H13ClN2O2. The van der Waals surface area contributed by atoms with E-state index in [1.54, 1.807) is 30.3 Å². The molecule has 0 radical (unpaired) electrons. The molecule has 0 saturated heterocycles. The topological polar surface area (TPSA) is 75.3 Å². The van der Waals surface area contributed by atoms with Crippen molar-refractivity contribution in [1.29, 1.82) is 0 Å². The summed E-state index contributed by atoms with van der Waals surface area (Å²) in [6.45, 7) is 1.84. The standard InChI is InChI=1S/C14H13ClN2O2/c1-8-2-5-13(18)10(6-8)14(19)17-12-4-3-9(16)7-11(12)15/h2-7,18H,16H2,1H3,(H,17,19). The minimum Gasteiger partial charge on any atom is -0.507 e. The molecule has 0 atom stereocenters. The summed E-state index contributed by atoms with van der Waals surface area (Å²) < 4.78 is 0. The lowest BCUT2D eigenvalue weighted by Crippen LogP contribution is -2.12. The Hall–Kier alpha value is -2.20. The van der Waals surface area contributed by atoms with Crippen LogP contribution in [0.2, 0.25) is 5.02 Å². The van der Waals surface area contributed by atoms with Crippen molar-refractivity contribution in [2.45, 2.75) is 6.92 Å². The third-order valence-corrected chi connectivity index (χ3v) is 2.95. The molecule has 4 N–H and O–H groups in total. The Kier molecular flexibility index (Phi) is 3.62. The number of benzene rings is 2. The van der Waals surface area contributed by atoms with Gasteiger partial charge in [0.1, 0.15) is 5.75 Å². The minimum atomic E-state index is -0.423. The molecule has 2 rings (SSSR count). The van der Waals surface area contributed by atoms with Gasteiger partial charge in [-0.15, -0.1) is 0 Å². The molecule has 2 aromatic carbocycles. The maximum absolute atomic E-state index is 12.1. The fourth-order valence-corrected chi connectivity index (χ4v) is 1.89. The number of amides is 1. The molecule has 19 heavy (non-hydrogen) atoms. The number of nitrogens with two attached hydrogens (primary N) is 1. The van der Waals surface area contributed by atoms with Gasteiger partial charge < -0.3 is 16.2 Å². The molecule has 0 aliphatic carbocycles. The van der Waals surface area contributed by atoms with Gasteiger partial charge in [-0.05, 0) is 37.3 Å². The molecule has 0 saturated carbocycles. The number of rotatable bonds is 2. The molecule has 5 heteroatoms. The summed E-state index contributed by atoms with van der Waals surface area (Å²) in [6, 6.07) is 9.61. The summed E-state index contributed by atoms with van der Waals surface area (Å²) in [5, 5.41) is 12.7. The number of phenolic OH excluding ortho intramolecular Hbond substituents is 1. The maximum atomic E-state index is 12.1. The number of hydrogen-bond donors (Lipinski definition) is 3. The number of anilines is 2. The summed E-state index contributed by atoms with van der Waals surface area (Å²) in [4.78, 5) is 12.1. The third-order valence-electron chi connectivity index (χ3n) is 2.64. The monoisotopic (exact) mass is 276 g/mol. The van der Waals surface area contributed by atoms with Crippen LogP contribution in [0, 0.1) is 6.92 Å². The van der Waals surface area contributed by atoms with Crippen molar-refractivity contribution >= 4 is 28.9 Å². The van der Waals surface area contributed by atoms with Crippen molar-refractivity contribution in [1.82, 2.24) is 0 Å². The van der Waals surface area contributed by atoms with Crippen LogP contribution in [0.4, 0.5) is 11.4 Å². The molecule has 0 aromatic heterocycles. The Balaban J connectivity index is 2.28. The van der Waals surface area contributed by atoms with Crippen LogP contribution in [0.25, 0.3) is 0 Å². The predicted octanol–water partition coefficient (Wildman–Crippen LogP) is 3.19. The average Bonchev–Trinajstić information content (AvgIpc) is 2.35. The van der Waals surface area contributed by atoms with Crippen molar-refractivity contribution < 1.29 is 9.90 Å². The van der Waals surface area contributed by atoms with Crippen molar-refractivity contribution in [2.75, 3.05) is 11.1 Å². The van der Waals surface area contributed by atoms with E-state index in [0.29, 0.717) is 16.4 Å². The van der Waals surface area contributed by atoms with Gasteiger partial charge >= 0.3 is 0 Å². The van der Waals surface area contributed by atoms with Crippen LogP contribution in [0.3, 0.4) is 0 Å². The van der Waals surface area contributed by atoms with E-state index in [1.807, 2.05) is 6.92 Å². The summed E-state index contributed by atoms with van der Waals surface area (Å²) in [5.41, 5.74) is 7.62. The first-order valence-electron chi connectivity index (χ1n) is 5.63. The van der Waals surface area contributed by atoms with Crippen LogP contribution < -0.4 is 11.1 Å². The molecule has 0 fully saturated rings. The quantitative estimate of drug-likeness (QED) is 0.737. The number of carbonyl (C=O) groups excluding carboxylic acids is 1. The second-order valence-corrected chi connectivity index (χ2v) is 4.62. The lowest BCUT2D eigenvalue weighted by atomic mass is 10.1. The second-order valence-electron chi connectivity index (χ2n) is 4.21. The van der Waals surface area contributed by atoms with E-state index < -0.39 is 5.91 Å². The van der Waals surface area contributed by atoms with Gasteiger partial charge in [-0.25, -0.2) is 0 Å². The van der Waals surface area contributed by atoms with E-state index in [4.69, 9.17) is 17.3 Å². The van der Waals surface area contributed by atoms with E-state index in [0.717, 1.165) is 5.56 Å². The average molecular weight is 277 g/mol. The highest BCUT2D eigenvalue weighted by atomic mass is 35.5. The van der Waals surface area contributed by atoms with Crippen molar-refractivity contribution in [2.24, 2.45) is 0 Å². The summed E-state index contributed by atoms with van der Waals surface area (Å²) in [6.07, 6.45) is 0. The number of phenols is 1. The van der Waals surface area contributed by atoms with Gasteiger partial charge in [0.25, 0.3) is 5.91 Å².